The number of carbonyl (C=O) groups is 1. The molecule has 1 aliphatic heterocycles. The normalized spacial score (nSPS) is 17.4. The van der Waals surface area contributed by atoms with E-state index in [1.165, 1.54) is 6.07 Å². The highest BCUT2D eigenvalue weighted by Crippen LogP contribution is 2.44. The van der Waals surface area contributed by atoms with E-state index in [9.17, 15) is 14.4 Å². The lowest BCUT2D eigenvalue weighted by Crippen LogP contribution is -2.37. The van der Waals surface area contributed by atoms with Gasteiger partial charge >= 0.3 is 5.97 Å². The first kappa shape index (κ1) is 21.2. The first-order chi connectivity index (χ1) is 15.3. The zero-order valence-corrected chi connectivity index (χ0v) is 17.9. The van der Waals surface area contributed by atoms with Crippen molar-refractivity contribution in [2.24, 2.45) is 10.9 Å². The number of nitrogens with one attached hydrogen (secondary N) is 1. The zero-order valence-electron chi connectivity index (χ0n) is 17.9. The molecule has 0 saturated heterocycles. The van der Waals surface area contributed by atoms with E-state index in [-0.39, 0.29) is 24.1 Å². The lowest BCUT2D eigenvalue weighted by Gasteiger charge is -2.31. The summed E-state index contributed by atoms with van der Waals surface area (Å²) in [6, 6.07) is 6.51. The molecule has 0 bridgehead atoms. The number of esters is 1. The van der Waals surface area contributed by atoms with Crippen LogP contribution in [0.3, 0.4) is 0 Å². The highest BCUT2D eigenvalue weighted by atomic mass is 16.5. The first-order valence-corrected chi connectivity index (χ1v) is 10.1. The molecule has 2 atom stereocenters. The van der Waals surface area contributed by atoms with Crippen LogP contribution in [0.1, 0.15) is 35.3 Å². The largest absolute Gasteiger partial charge is 0.461 e. The minimum Gasteiger partial charge on any atom is -0.461 e. The molecule has 2 aromatic heterocycles. The third-order valence-electron chi connectivity index (χ3n) is 5.62. The fourth-order valence-corrected chi connectivity index (χ4v) is 4.21. The fourth-order valence-electron chi connectivity index (χ4n) is 4.21. The van der Waals surface area contributed by atoms with Crippen molar-refractivity contribution >= 4 is 28.3 Å². The van der Waals surface area contributed by atoms with Gasteiger partial charge < -0.3 is 19.0 Å². The number of hydrogen-bond donors (Lipinski definition) is 1. The molecule has 0 fully saturated rings. The molecule has 3 aromatic rings. The van der Waals surface area contributed by atoms with Crippen molar-refractivity contribution in [3.05, 3.63) is 84.9 Å². The van der Waals surface area contributed by atoms with Crippen LogP contribution < -0.4 is 11.0 Å². The molecular formula is C24H21N3O5. The maximum absolute atomic E-state index is 13.1. The number of fused-ring (bicyclic) bond motifs is 2. The Labute approximate surface area is 183 Å². The summed E-state index contributed by atoms with van der Waals surface area (Å²) in [6.45, 7) is 12.1. The van der Waals surface area contributed by atoms with E-state index in [1.54, 1.807) is 38.2 Å². The predicted molar refractivity (Wildman–Crippen MR) is 120 cm³/mol. The number of aryl methyl sites for hydroxylation is 2. The van der Waals surface area contributed by atoms with E-state index < -0.39 is 17.8 Å². The molecular weight excluding hydrogens is 410 g/mol. The molecule has 1 N–H and O–H groups in total. The third-order valence-corrected chi connectivity index (χ3v) is 5.62. The molecule has 8 heteroatoms. The number of aromatic nitrogens is 1. The summed E-state index contributed by atoms with van der Waals surface area (Å²) >= 11 is 0. The Morgan fingerprint density at radius 2 is 2.06 bits per heavy atom. The number of benzene rings is 1. The van der Waals surface area contributed by atoms with Crippen molar-refractivity contribution in [1.82, 2.24) is 4.98 Å². The van der Waals surface area contributed by atoms with Crippen LogP contribution in [0.15, 0.2) is 49.5 Å². The van der Waals surface area contributed by atoms with Gasteiger partial charge in [0.15, 0.2) is 12.0 Å². The summed E-state index contributed by atoms with van der Waals surface area (Å²) in [7, 11) is 0. The summed E-state index contributed by atoms with van der Waals surface area (Å²) in [5.41, 5.74) is 2.31. The van der Waals surface area contributed by atoms with Gasteiger partial charge in [0.2, 0.25) is 6.54 Å². The van der Waals surface area contributed by atoms with Gasteiger partial charge in [0.1, 0.15) is 17.3 Å². The maximum atomic E-state index is 13.1. The van der Waals surface area contributed by atoms with Gasteiger partial charge in [-0.05, 0) is 32.4 Å². The predicted octanol–water partition coefficient (Wildman–Crippen LogP) is 3.41. The summed E-state index contributed by atoms with van der Waals surface area (Å²) in [5.74, 6) is -1.85. The number of aliphatic imine (C=N–C) groups is 1. The minimum absolute atomic E-state index is 0.0396. The highest BCUT2D eigenvalue weighted by Gasteiger charge is 2.42. The van der Waals surface area contributed by atoms with Gasteiger partial charge in [0.05, 0.1) is 16.6 Å². The molecule has 0 aliphatic carbocycles. The molecule has 4 rings (SSSR count). The van der Waals surface area contributed by atoms with E-state index in [0.717, 1.165) is 5.56 Å². The van der Waals surface area contributed by atoms with Crippen molar-refractivity contribution in [2.75, 3.05) is 13.2 Å². The molecule has 162 valence electrons. The summed E-state index contributed by atoms with van der Waals surface area (Å²) in [6.07, 6.45) is 1.58. The molecule has 1 aliphatic rings. The van der Waals surface area contributed by atoms with Gasteiger partial charge in [0.25, 0.3) is 5.56 Å². The van der Waals surface area contributed by atoms with Gasteiger partial charge in [0, 0.05) is 29.5 Å². The monoisotopic (exact) mass is 431 g/mol. The molecule has 0 radical (unpaired) electrons. The van der Waals surface area contributed by atoms with Crippen LogP contribution in [-0.4, -0.2) is 29.8 Å². The Balaban J connectivity index is 2.02. The van der Waals surface area contributed by atoms with Crippen molar-refractivity contribution in [3.8, 4) is 0 Å². The molecule has 1 aromatic carbocycles. The average molecular weight is 431 g/mol. The van der Waals surface area contributed by atoms with Crippen LogP contribution >= 0.6 is 0 Å². The van der Waals surface area contributed by atoms with Crippen LogP contribution in [0.2, 0.25) is 0 Å². The van der Waals surface area contributed by atoms with Crippen molar-refractivity contribution in [2.45, 2.75) is 26.7 Å². The van der Waals surface area contributed by atoms with Gasteiger partial charge in [-0.25, -0.2) is 6.57 Å². The van der Waals surface area contributed by atoms with Crippen LogP contribution in [0, 0.1) is 26.3 Å². The quantitative estimate of drug-likeness (QED) is 0.387. The number of para-hydroxylation sites is 1. The Bertz CT molecular complexity index is 1420. The molecule has 0 saturated carbocycles. The van der Waals surface area contributed by atoms with E-state index in [1.807, 2.05) is 6.92 Å². The summed E-state index contributed by atoms with van der Waals surface area (Å²) in [4.78, 5) is 49.2. The number of nitrogens with zero attached hydrogens (tertiary/aromatic N) is 2. The number of H-pyrrole nitrogens is 1. The molecule has 2 unspecified atom stereocenters. The Morgan fingerprint density at radius 1 is 1.28 bits per heavy atom. The number of ether oxygens (including phenoxy) is 1. The Morgan fingerprint density at radius 3 is 2.81 bits per heavy atom. The molecule has 8 nitrogen and oxygen atoms in total. The lowest BCUT2D eigenvalue weighted by atomic mass is 9.75. The number of hydrogen-bond acceptors (Lipinski definition) is 6. The molecule has 0 spiro atoms. The van der Waals surface area contributed by atoms with Crippen molar-refractivity contribution in [3.63, 3.8) is 0 Å². The smallest absolute Gasteiger partial charge is 0.315 e. The number of pyridine rings is 1. The van der Waals surface area contributed by atoms with Gasteiger partial charge in [-0.1, -0.05) is 12.1 Å². The van der Waals surface area contributed by atoms with Crippen LogP contribution in [0.5, 0.6) is 0 Å². The zero-order chi connectivity index (χ0) is 23.0. The topological polar surface area (TPSA) is 106 Å². The van der Waals surface area contributed by atoms with Gasteiger partial charge in [-0.3, -0.25) is 19.4 Å². The minimum atomic E-state index is -0.910. The Kier molecular flexibility index (Phi) is 5.49. The third kappa shape index (κ3) is 3.52. The molecule has 32 heavy (non-hydrogen) atoms. The highest BCUT2D eigenvalue weighted by molar-refractivity contribution is 6.05. The second-order valence-corrected chi connectivity index (χ2v) is 7.77. The second kappa shape index (κ2) is 8.27. The van der Waals surface area contributed by atoms with Gasteiger partial charge in [-0.2, -0.15) is 0 Å². The second-order valence-electron chi connectivity index (χ2n) is 7.77. The van der Waals surface area contributed by atoms with E-state index >= 15 is 0 Å². The fraction of sp³-hybridized carbons (Fsp3) is 0.292. The van der Waals surface area contributed by atoms with Crippen LogP contribution in [0.25, 0.3) is 15.8 Å². The summed E-state index contributed by atoms with van der Waals surface area (Å²) in [5, 5.41) is 0.360. The number of rotatable bonds is 4. The molecule has 3 heterocycles. The number of carbonyl (C=O) groups excluding carboxylic acids is 1. The van der Waals surface area contributed by atoms with E-state index in [0.29, 0.717) is 39.3 Å². The van der Waals surface area contributed by atoms with Gasteiger partial charge in [-0.15, -0.1) is 0 Å². The maximum Gasteiger partial charge on any atom is 0.315 e. The summed E-state index contributed by atoms with van der Waals surface area (Å²) < 4.78 is 11.3. The first-order valence-electron chi connectivity index (χ1n) is 10.1. The lowest BCUT2D eigenvalue weighted by molar-refractivity contribution is -0.146. The Hall–Kier alpha value is -3.99. The SMILES string of the molecule is [C-]#[N+]CCOC(=O)C1C(C)=Nc2c(C)c[nH]c(=O)c2C1c1cccc2c(=O)cc(C)oc12. The number of aromatic amines is 1. The van der Waals surface area contributed by atoms with Crippen molar-refractivity contribution in [1.29, 1.82) is 0 Å². The van der Waals surface area contributed by atoms with E-state index in [4.69, 9.17) is 15.7 Å². The van der Waals surface area contributed by atoms with Crippen molar-refractivity contribution < 1.29 is 13.9 Å². The van der Waals surface area contributed by atoms with Crippen LogP contribution in [-0.2, 0) is 9.53 Å². The van der Waals surface area contributed by atoms with Crippen LogP contribution in [0.4, 0.5) is 5.69 Å². The standard InChI is InChI=1S/C24H21N3O5/c1-12-11-26-23(29)20-19(16-7-5-6-15-17(28)10-13(2)32-22(15)16)18(14(3)27-21(12)20)24(30)31-9-8-25-4/h5-7,10-11,18-19H,8-9H2,1-3H3,(H,26,29). The molecule has 0 amide bonds. The average Bonchev–Trinajstić information content (AvgIpc) is 2.75. The van der Waals surface area contributed by atoms with E-state index in [2.05, 4.69) is 14.8 Å².